The molecule has 3 N–H and O–H groups in total. The van der Waals surface area contributed by atoms with Crippen molar-refractivity contribution >= 4 is 34.2 Å². The predicted octanol–water partition coefficient (Wildman–Crippen LogP) is 4.20. The Balaban J connectivity index is 1.46. The van der Waals surface area contributed by atoms with Crippen LogP contribution in [-0.2, 0) is 11.3 Å². The van der Waals surface area contributed by atoms with E-state index in [2.05, 4.69) is 39.7 Å². The topological polar surface area (TPSA) is 75.2 Å². The van der Waals surface area contributed by atoms with Crippen molar-refractivity contribution in [3.05, 3.63) is 60.8 Å². The van der Waals surface area contributed by atoms with Crippen LogP contribution in [0.2, 0.25) is 0 Å². The molecule has 0 bridgehead atoms. The van der Waals surface area contributed by atoms with Crippen LogP contribution in [0.4, 0.5) is 16.2 Å². The standard InChI is InChI=1S/C21H24N4O2/c1-2-13-25-14-11-16-15-18(8-9-19(16)25)23-20(26)10-12-22-21(27)24-17-6-4-3-5-7-17/h3-9,11,14-15H,2,10,12-13H2,1H3,(H,23,26)(H2,22,24,27). The van der Waals surface area contributed by atoms with Gasteiger partial charge < -0.3 is 20.5 Å². The molecule has 140 valence electrons. The molecule has 1 heterocycles. The van der Waals surface area contributed by atoms with E-state index < -0.39 is 0 Å². The summed E-state index contributed by atoms with van der Waals surface area (Å²) in [5.41, 5.74) is 2.63. The molecule has 0 spiro atoms. The van der Waals surface area contributed by atoms with Crippen LogP contribution in [0.5, 0.6) is 0 Å². The van der Waals surface area contributed by atoms with Crippen LogP contribution in [0.3, 0.4) is 0 Å². The lowest BCUT2D eigenvalue weighted by molar-refractivity contribution is -0.116. The van der Waals surface area contributed by atoms with Gasteiger partial charge in [0.25, 0.3) is 0 Å². The summed E-state index contributed by atoms with van der Waals surface area (Å²) < 4.78 is 2.20. The van der Waals surface area contributed by atoms with Crippen LogP contribution < -0.4 is 16.0 Å². The fraction of sp³-hybridized carbons (Fsp3) is 0.238. The third-order valence-electron chi connectivity index (χ3n) is 4.19. The van der Waals surface area contributed by atoms with Crippen molar-refractivity contribution in [1.29, 1.82) is 0 Å². The zero-order valence-corrected chi connectivity index (χ0v) is 15.4. The van der Waals surface area contributed by atoms with Gasteiger partial charge in [-0.1, -0.05) is 25.1 Å². The molecular formula is C21H24N4O2. The third-order valence-corrected chi connectivity index (χ3v) is 4.19. The van der Waals surface area contributed by atoms with Gasteiger partial charge in [0, 0.05) is 48.0 Å². The third kappa shape index (κ3) is 5.10. The highest BCUT2D eigenvalue weighted by Crippen LogP contribution is 2.21. The number of rotatable bonds is 7. The van der Waals surface area contributed by atoms with Crippen molar-refractivity contribution in [2.24, 2.45) is 0 Å². The number of carbonyl (C=O) groups excluding carboxylic acids is 2. The average Bonchev–Trinajstić information content (AvgIpc) is 3.05. The van der Waals surface area contributed by atoms with E-state index in [1.54, 1.807) is 12.1 Å². The molecule has 0 atom stereocenters. The second-order valence-corrected chi connectivity index (χ2v) is 6.33. The number of urea groups is 1. The lowest BCUT2D eigenvalue weighted by Gasteiger charge is -2.09. The van der Waals surface area contributed by atoms with E-state index in [9.17, 15) is 9.59 Å². The fourth-order valence-corrected chi connectivity index (χ4v) is 2.92. The zero-order valence-electron chi connectivity index (χ0n) is 15.4. The monoisotopic (exact) mass is 364 g/mol. The first-order chi connectivity index (χ1) is 13.2. The molecule has 0 aliphatic carbocycles. The highest BCUT2D eigenvalue weighted by Gasteiger charge is 2.07. The number of aromatic nitrogens is 1. The number of anilines is 2. The number of nitrogens with one attached hydrogen (secondary N) is 3. The highest BCUT2D eigenvalue weighted by atomic mass is 16.2. The second-order valence-electron chi connectivity index (χ2n) is 6.33. The quantitative estimate of drug-likeness (QED) is 0.588. The molecule has 0 unspecified atom stereocenters. The summed E-state index contributed by atoms with van der Waals surface area (Å²) in [7, 11) is 0. The van der Waals surface area contributed by atoms with Crippen LogP contribution in [0, 0.1) is 0 Å². The molecule has 3 aromatic rings. The van der Waals surface area contributed by atoms with Crippen LogP contribution in [0.25, 0.3) is 10.9 Å². The normalized spacial score (nSPS) is 10.6. The van der Waals surface area contributed by atoms with E-state index in [1.165, 1.54) is 0 Å². The van der Waals surface area contributed by atoms with Crippen molar-refractivity contribution in [2.75, 3.05) is 17.2 Å². The van der Waals surface area contributed by atoms with Gasteiger partial charge in [0.1, 0.15) is 0 Å². The smallest absolute Gasteiger partial charge is 0.319 e. The summed E-state index contributed by atoms with van der Waals surface area (Å²) in [5, 5.41) is 9.37. The van der Waals surface area contributed by atoms with Gasteiger partial charge in [0.15, 0.2) is 0 Å². The van der Waals surface area contributed by atoms with Gasteiger partial charge >= 0.3 is 6.03 Å². The van der Waals surface area contributed by atoms with Gasteiger partial charge in [-0.15, -0.1) is 0 Å². The summed E-state index contributed by atoms with van der Waals surface area (Å²) in [6, 6.07) is 16.8. The molecule has 6 heteroatoms. The second kappa shape index (κ2) is 8.89. The number of nitrogens with zero attached hydrogens (tertiary/aromatic N) is 1. The van der Waals surface area contributed by atoms with E-state index in [4.69, 9.17) is 0 Å². The average molecular weight is 364 g/mol. The number of fused-ring (bicyclic) bond motifs is 1. The minimum absolute atomic E-state index is 0.137. The Labute approximate surface area is 158 Å². The summed E-state index contributed by atoms with van der Waals surface area (Å²) >= 11 is 0. The summed E-state index contributed by atoms with van der Waals surface area (Å²) in [5.74, 6) is -0.137. The molecule has 0 radical (unpaired) electrons. The van der Waals surface area contributed by atoms with Crippen LogP contribution in [0.15, 0.2) is 60.8 Å². The van der Waals surface area contributed by atoms with Crippen molar-refractivity contribution in [1.82, 2.24) is 9.88 Å². The maximum atomic E-state index is 12.1. The first-order valence-electron chi connectivity index (χ1n) is 9.14. The van der Waals surface area contributed by atoms with Crippen molar-refractivity contribution in [3.63, 3.8) is 0 Å². The summed E-state index contributed by atoms with van der Waals surface area (Å²) in [6.07, 6.45) is 3.35. The maximum absolute atomic E-state index is 12.1. The van der Waals surface area contributed by atoms with Gasteiger partial charge in [0.05, 0.1) is 0 Å². The van der Waals surface area contributed by atoms with Gasteiger partial charge in [-0.2, -0.15) is 0 Å². The summed E-state index contributed by atoms with van der Waals surface area (Å²) in [6.45, 7) is 3.39. The number of hydrogen-bond donors (Lipinski definition) is 3. The Hall–Kier alpha value is -3.28. The van der Waals surface area contributed by atoms with E-state index in [0.29, 0.717) is 5.69 Å². The predicted molar refractivity (Wildman–Crippen MR) is 109 cm³/mol. The number of benzene rings is 2. The molecular weight excluding hydrogens is 340 g/mol. The Bertz CT molecular complexity index is 918. The van der Waals surface area contributed by atoms with Crippen molar-refractivity contribution in [3.8, 4) is 0 Å². The van der Waals surface area contributed by atoms with Gasteiger partial charge in [-0.05, 0) is 42.8 Å². The number of hydrogen-bond acceptors (Lipinski definition) is 2. The SMILES string of the molecule is CCCn1ccc2cc(NC(=O)CCNC(=O)Nc3ccccc3)ccc21. The summed E-state index contributed by atoms with van der Waals surface area (Å²) in [4.78, 5) is 23.9. The number of para-hydroxylation sites is 1. The Morgan fingerprint density at radius 1 is 0.963 bits per heavy atom. The molecule has 27 heavy (non-hydrogen) atoms. The Morgan fingerprint density at radius 2 is 1.78 bits per heavy atom. The van der Waals surface area contributed by atoms with E-state index >= 15 is 0 Å². The van der Waals surface area contributed by atoms with Crippen molar-refractivity contribution < 1.29 is 9.59 Å². The van der Waals surface area contributed by atoms with Crippen molar-refractivity contribution in [2.45, 2.75) is 26.3 Å². The van der Waals surface area contributed by atoms with E-state index in [0.717, 1.165) is 29.6 Å². The molecule has 6 nitrogen and oxygen atoms in total. The number of carbonyl (C=O) groups is 2. The highest BCUT2D eigenvalue weighted by molar-refractivity contribution is 5.94. The van der Waals surface area contributed by atoms with Crippen LogP contribution in [-0.4, -0.2) is 23.1 Å². The number of amides is 3. The molecule has 0 saturated carbocycles. The van der Waals surface area contributed by atoms with Gasteiger partial charge in [0.2, 0.25) is 5.91 Å². The molecule has 0 aliphatic heterocycles. The number of aryl methyl sites for hydroxylation is 1. The Morgan fingerprint density at radius 3 is 2.56 bits per heavy atom. The maximum Gasteiger partial charge on any atom is 0.319 e. The van der Waals surface area contributed by atoms with Gasteiger partial charge in [-0.25, -0.2) is 4.79 Å². The Kier molecular flexibility index (Phi) is 6.10. The molecule has 0 aliphatic rings. The lowest BCUT2D eigenvalue weighted by atomic mass is 10.2. The fourth-order valence-electron chi connectivity index (χ4n) is 2.92. The molecule has 3 rings (SSSR count). The van der Waals surface area contributed by atoms with E-state index in [1.807, 2.05) is 36.4 Å². The zero-order chi connectivity index (χ0) is 19.1. The van der Waals surface area contributed by atoms with Crippen LogP contribution >= 0.6 is 0 Å². The van der Waals surface area contributed by atoms with Crippen LogP contribution in [0.1, 0.15) is 19.8 Å². The minimum Gasteiger partial charge on any atom is -0.347 e. The molecule has 2 aromatic carbocycles. The largest absolute Gasteiger partial charge is 0.347 e. The lowest BCUT2D eigenvalue weighted by Crippen LogP contribution is -2.31. The molecule has 3 amide bonds. The molecule has 0 saturated heterocycles. The first-order valence-corrected chi connectivity index (χ1v) is 9.14. The molecule has 1 aromatic heterocycles. The first kappa shape index (κ1) is 18.5. The molecule has 0 fully saturated rings. The minimum atomic E-state index is -0.326. The van der Waals surface area contributed by atoms with E-state index in [-0.39, 0.29) is 24.9 Å². The van der Waals surface area contributed by atoms with Gasteiger partial charge in [-0.3, -0.25) is 4.79 Å².